The third kappa shape index (κ3) is 3.17. The quantitative estimate of drug-likeness (QED) is 0.803. The van der Waals surface area contributed by atoms with Crippen LogP contribution >= 0.6 is 0 Å². The van der Waals surface area contributed by atoms with Crippen molar-refractivity contribution in [3.8, 4) is 5.88 Å². The SMILES string of the molecule is CCNCc1cc(F)cnc1OCC1CC1. The minimum atomic E-state index is -0.313. The van der Waals surface area contributed by atoms with Gasteiger partial charge in [0.25, 0.3) is 0 Å². The van der Waals surface area contributed by atoms with Gasteiger partial charge in [0.15, 0.2) is 0 Å². The predicted molar refractivity (Wildman–Crippen MR) is 59.8 cm³/mol. The molecule has 0 aromatic carbocycles. The van der Waals surface area contributed by atoms with Gasteiger partial charge in [-0.3, -0.25) is 0 Å². The van der Waals surface area contributed by atoms with Crippen molar-refractivity contribution < 1.29 is 9.13 Å². The largest absolute Gasteiger partial charge is 0.477 e. The molecule has 2 rings (SSSR count). The summed E-state index contributed by atoms with van der Waals surface area (Å²) in [7, 11) is 0. The average molecular weight is 224 g/mol. The van der Waals surface area contributed by atoms with Crippen LogP contribution in [0.5, 0.6) is 5.88 Å². The van der Waals surface area contributed by atoms with E-state index in [0.29, 0.717) is 24.9 Å². The van der Waals surface area contributed by atoms with Crippen molar-refractivity contribution in [1.82, 2.24) is 10.3 Å². The minimum absolute atomic E-state index is 0.313. The number of aromatic nitrogens is 1. The Balaban J connectivity index is 2.00. The smallest absolute Gasteiger partial charge is 0.218 e. The summed E-state index contributed by atoms with van der Waals surface area (Å²) in [5.41, 5.74) is 0.794. The molecule has 1 aliphatic carbocycles. The lowest BCUT2D eigenvalue weighted by molar-refractivity contribution is 0.283. The molecule has 3 nitrogen and oxygen atoms in total. The zero-order valence-corrected chi connectivity index (χ0v) is 9.50. The molecule has 1 aromatic heterocycles. The lowest BCUT2D eigenvalue weighted by Gasteiger charge is -2.10. The molecule has 0 spiro atoms. The molecule has 1 aliphatic rings. The fraction of sp³-hybridized carbons (Fsp3) is 0.583. The second-order valence-corrected chi connectivity index (χ2v) is 4.15. The summed E-state index contributed by atoms with van der Waals surface area (Å²) >= 11 is 0. The van der Waals surface area contributed by atoms with Crippen LogP contribution in [0.4, 0.5) is 4.39 Å². The number of nitrogens with one attached hydrogen (secondary N) is 1. The highest BCUT2D eigenvalue weighted by molar-refractivity contribution is 5.26. The first-order valence-electron chi connectivity index (χ1n) is 5.77. The fourth-order valence-corrected chi connectivity index (χ4v) is 1.47. The number of halogens is 1. The standard InChI is InChI=1S/C12H17FN2O/c1-2-14-6-10-5-11(13)7-15-12(10)16-8-9-3-4-9/h5,7,9,14H,2-4,6,8H2,1H3. The van der Waals surface area contributed by atoms with Crippen LogP contribution in [0, 0.1) is 11.7 Å². The molecular formula is C12H17FN2O. The van der Waals surface area contributed by atoms with Gasteiger partial charge in [0.1, 0.15) is 5.82 Å². The molecule has 88 valence electrons. The van der Waals surface area contributed by atoms with Crippen LogP contribution in [0.15, 0.2) is 12.3 Å². The summed E-state index contributed by atoms with van der Waals surface area (Å²) in [4.78, 5) is 3.99. The van der Waals surface area contributed by atoms with E-state index in [0.717, 1.165) is 12.1 Å². The monoisotopic (exact) mass is 224 g/mol. The molecule has 0 aliphatic heterocycles. The molecule has 0 unspecified atom stereocenters. The topological polar surface area (TPSA) is 34.2 Å². The Hall–Kier alpha value is -1.16. The molecule has 16 heavy (non-hydrogen) atoms. The van der Waals surface area contributed by atoms with Crippen LogP contribution in [0.2, 0.25) is 0 Å². The van der Waals surface area contributed by atoms with Crippen molar-refractivity contribution in [3.05, 3.63) is 23.6 Å². The van der Waals surface area contributed by atoms with Crippen LogP contribution in [0.1, 0.15) is 25.3 Å². The predicted octanol–water partition coefficient (Wildman–Crippen LogP) is 2.12. The van der Waals surface area contributed by atoms with Crippen molar-refractivity contribution in [1.29, 1.82) is 0 Å². The van der Waals surface area contributed by atoms with E-state index >= 15 is 0 Å². The summed E-state index contributed by atoms with van der Waals surface area (Å²) in [6.07, 6.45) is 3.69. The Morgan fingerprint density at radius 3 is 3.06 bits per heavy atom. The van der Waals surface area contributed by atoms with Crippen molar-refractivity contribution in [2.24, 2.45) is 5.92 Å². The molecule has 0 bridgehead atoms. The summed E-state index contributed by atoms with van der Waals surface area (Å²) < 4.78 is 18.6. The fourth-order valence-electron chi connectivity index (χ4n) is 1.47. The van der Waals surface area contributed by atoms with Gasteiger partial charge in [-0.05, 0) is 31.4 Å². The van der Waals surface area contributed by atoms with Gasteiger partial charge in [-0.2, -0.15) is 0 Å². The Kier molecular flexibility index (Phi) is 3.72. The zero-order chi connectivity index (χ0) is 11.4. The lowest BCUT2D eigenvalue weighted by atomic mass is 10.2. The van der Waals surface area contributed by atoms with Crippen LogP contribution < -0.4 is 10.1 Å². The molecule has 1 heterocycles. The second-order valence-electron chi connectivity index (χ2n) is 4.15. The van der Waals surface area contributed by atoms with Gasteiger partial charge in [0.2, 0.25) is 5.88 Å². The first-order valence-corrected chi connectivity index (χ1v) is 5.77. The van der Waals surface area contributed by atoms with E-state index < -0.39 is 0 Å². The molecular weight excluding hydrogens is 207 g/mol. The first-order chi connectivity index (χ1) is 7.79. The minimum Gasteiger partial charge on any atom is -0.477 e. The van der Waals surface area contributed by atoms with Gasteiger partial charge in [-0.1, -0.05) is 6.92 Å². The molecule has 1 N–H and O–H groups in total. The van der Waals surface area contributed by atoms with Crippen LogP contribution in [-0.4, -0.2) is 18.1 Å². The number of hydrogen-bond donors (Lipinski definition) is 1. The highest BCUT2D eigenvalue weighted by atomic mass is 19.1. The van der Waals surface area contributed by atoms with E-state index in [1.165, 1.54) is 25.1 Å². The Morgan fingerprint density at radius 2 is 2.38 bits per heavy atom. The van der Waals surface area contributed by atoms with E-state index in [1.807, 2.05) is 6.92 Å². The Bertz CT molecular complexity index is 353. The molecule has 0 atom stereocenters. The van der Waals surface area contributed by atoms with Gasteiger partial charge in [-0.25, -0.2) is 9.37 Å². The van der Waals surface area contributed by atoms with Gasteiger partial charge in [0, 0.05) is 12.1 Å². The number of ether oxygens (including phenoxy) is 1. The van der Waals surface area contributed by atoms with Crippen LogP contribution in [0.25, 0.3) is 0 Å². The van der Waals surface area contributed by atoms with Crippen molar-refractivity contribution in [3.63, 3.8) is 0 Å². The zero-order valence-electron chi connectivity index (χ0n) is 9.50. The molecule has 0 amide bonds. The van der Waals surface area contributed by atoms with E-state index in [2.05, 4.69) is 10.3 Å². The first kappa shape index (κ1) is 11.3. The normalized spacial score (nSPS) is 15.1. The molecule has 0 saturated heterocycles. The Morgan fingerprint density at radius 1 is 1.56 bits per heavy atom. The van der Waals surface area contributed by atoms with E-state index in [9.17, 15) is 4.39 Å². The average Bonchev–Trinajstić information content (AvgIpc) is 3.09. The summed E-state index contributed by atoms with van der Waals surface area (Å²) in [5.74, 6) is 0.930. The summed E-state index contributed by atoms with van der Waals surface area (Å²) in [6, 6.07) is 1.48. The van der Waals surface area contributed by atoms with Gasteiger partial charge in [0.05, 0.1) is 12.8 Å². The van der Waals surface area contributed by atoms with Crippen molar-refractivity contribution >= 4 is 0 Å². The number of nitrogens with zero attached hydrogens (tertiary/aromatic N) is 1. The maximum absolute atomic E-state index is 13.0. The summed E-state index contributed by atoms with van der Waals surface area (Å²) in [5, 5.41) is 3.15. The number of pyridine rings is 1. The third-order valence-corrected chi connectivity index (χ3v) is 2.61. The van der Waals surface area contributed by atoms with Crippen LogP contribution in [0.3, 0.4) is 0 Å². The van der Waals surface area contributed by atoms with Crippen molar-refractivity contribution in [2.45, 2.75) is 26.3 Å². The van der Waals surface area contributed by atoms with Gasteiger partial charge < -0.3 is 10.1 Å². The molecule has 1 aromatic rings. The van der Waals surface area contributed by atoms with E-state index in [4.69, 9.17) is 4.74 Å². The maximum Gasteiger partial charge on any atom is 0.218 e. The van der Waals surface area contributed by atoms with Gasteiger partial charge in [-0.15, -0.1) is 0 Å². The van der Waals surface area contributed by atoms with Crippen LogP contribution in [-0.2, 0) is 6.54 Å². The highest BCUT2D eigenvalue weighted by Crippen LogP contribution is 2.29. The van der Waals surface area contributed by atoms with Crippen molar-refractivity contribution in [2.75, 3.05) is 13.2 Å². The van der Waals surface area contributed by atoms with Gasteiger partial charge >= 0.3 is 0 Å². The number of rotatable bonds is 6. The maximum atomic E-state index is 13.0. The van der Waals surface area contributed by atoms with E-state index in [-0.39, 0.29) is 5.82 Å². The highest BCUT2D eigenvalue weighted by Gasteiger charge is 2.22. The molecule has 1 fully saturated rings. The summed E-state index contributed by atoms with van der Waals surface area (Å²) in [6.45, 7) is 4.16. The molecule has 4 heteroatoms. The lowest BCUT2D eigenvalue weighted by Crippen LogP contribution is -2.14. The Labute approximate surface area is 95.0 Å². The molecule has 0 radical (unpaired) electrons. The molecule has 1 saturated carbocycles. The second kappa shape index (κ2) is 5.25. The van der Waals surface area contributed by atoms with E-state index in [1.54, 1.807) is 0 Å². The number of hydrogen-bond acceptors (Lipinski definition) is 3. The third-order valence-electron chi connectivity index (χ3n) is 2.61.